The quantitative estimate of drug-likeness (QED) is 0.496. The second-order valence-corrected chi connectivity index (χ2v) is 9.95. The highest BCUT2D eigenvalue weighted by molar-refractivity contribution is 6.39. The molecule has 2 aliphatic heterocycles. The number of fused-ring (bicyclic) bond motifs is 1. The van der Waals surface area contributed by atoms with Crippen LogP contribution in [-0.4, -0.2) is 29.4 Å². The van der Waals surface area contributed by atoms with Gasteiger partial charge in [0, 0.05) is 17.3 Å². The Kier molecular flexibility index (Phi) is 5.72. The van der Waals surface area contributed by atoms with Crippen LogP contribution < -0.4 is 15.1 Å². The van der Waals surface area contributed by atoms with Crippen molar-refractivity contribution in [3.05, 3.63) is 70.3 Å². The summed E-state index contributed by atoms with van der Waals surface area (Å²) in [6.45, 7) is 14.7. The Balaban J connectivity index is 1.76. The molecule has 1 N–H and O–H groups in total. The van der Waals surface area contributed by atoms with Gasteiger partial charge in [0.2, 0.25) is 0 Å². The van der Waals surface area contributed by atoms with E-state index in [1.54, 1.807) is 18.2 Å². The maximum atomic E-state index is 13.3. The molecule has 4 amide bonds. The van der Waals surface area contributed by atoms with Crippen LogP contribution >= 0.6 is 0 Å². The van der Waals surface area contributed by atoms with Crippen LogP contribution in [0.1, 0.15) is 56.9 Å². The summed E-state index contributed by atoms with van der Waals surface area (Å²) in [5, 5.41) is 2.31. The highest BCUT2D eigenvalue weighted by Gasteiger charge is 2.37. The lowest BCUT2D eigenvalue weighted by Gasteiger charge is -2.46. The van der Waals surface area contributed by atoms with Gasteiger partial charge in [-0.2, -0.15) is 0 Å². The van der Waals surface area contributed by atoms with E-state index in [2.05, 4.69) is 50.9 Å². The van der Waals surface area contributed by atoms with Crippen molar-refractivity contribution in [2.45, 2.75) is 60.0 Å². The second-order valence-electron chi connectivity index (χ2n) is 9.95. The number of imide groups is 2. The number of hydrogen-bond donors (Lipinski definition) is 1. The predicted octanol–water partition coefficient (Wildman–Crippen LogP) is 5.38. The first-order valence-corrected chi connectivity index (χ1v) is 11.5. The number of amides is 4. The number of allylic oxidation sites excluding steroid dienone is 1. The van der Waals surface area contributed by atoms with Crippen LogP contribution in [0.4, 0.5) is 16.2 Å². The van der Waals surface area contributed by atoms with E-state index in [-0.39, 0.29) is 11.1 Å². The van der Waals surface area contributed by atoms with Crippen molar-refractivity contribution < 1.29 is 14.4 Å². The fourth-order valence-corrected chi connectivity index (χ4v) is 5.02. The van der Waals surface area contributed by atoms with E-state index in [1.165, 1.54) is 0 Å². The molecule has 0 atom stereocenters. The molecular weight excluding hydrogens is 426 g/mol. The van der Waals surface area contributed by atoms with Crippen LogP contribution in [0.25, 0.3) is 11.6 Å². The Morgan fingerprint density at radius 3 is 2.29 bits per heavy atom. The molecule has 2 aliphatic rings. The van der Waals surface area contributed by atoms with E-state index in [0.717, 1.165) is 38.4 Å². The Labute approximate surface area is 200 Å². The maximum Gasteiger partial charge on any atom is 0.335 e. The zero-order valence-corrected chi connectivity index (χ0v) is 20.8. The number of urea groups is 1. The van der Waals surface area contributed by atoms with Crippen LogP contribution in [-0.2, 0) is 9.59 Å². The number of rotatable bonds is 3. The molecule has 34 heavy (non-hydrogen) atoms. The zero-order chi connectivity index (χ0) is 24.9. The van der Waals surface area contributed by atoms with E-state index >= 15 is 0 Å². The molecule has 0 saturated carbocycles. The van der Waals surface area contributed by atoms with Crippen LogP contribution in [0.5, 0.6) is 0 Å². The molecule has 0 radical (unpaired) electrons. The summed E-state index contributed by atoms with van der Waals surface area (Å²) in [5.41, 5.74) is 6.29. The van der Waals surface area contributed by atoms with Gasteiger partial charge >= 0.3 is 6.03 Å². The fourth-order valence-electron chi connectivity index (χ4n) is 5.02. The van der Waals surface area contributed by atoms with Crippen molar-refractivity contribution in [2.75, 3.05) is 9.80 Å². The third-order valence-electron chi connectivity index (χ3n) is 6.57. The van der Waals surface area contributed by atoms with Crippen LogP contribution in [0, 0.1) is 13.8 Å². The lowest BCUT2D eigenvalue weighted by Crippen LogP contribution is -2.54. The van der Waals surface area contributed by atoms with Crippen molar-refractivity contribution in [1.29, 1.82) is 0 Å². The Morgan fingerprint density at radius 2 is 1.65 bits per heavy atom. The molecule has 2 aromatic rings. The minimum Gasteiger partial charge on any atom is -0.360 e. The molecular formula is C28H31N3O3. The van der Waals surface area contributed by atoms with Crippen LogP contribution in [0.2, 0.25) is 0 Å². The Hall–Kier alpha value is -3.67. The van der Waals surface area contributed by atoms with Crippen molar-refractivity contribution in [3.63, 3.8) is 0 Å². The van der Waals surface area contributed by atoms with Crippen molar-refractivity contribution in [3.8, 4) is 0 Å². The largest absolute Gasteiger partial charge is 0.360 e. The molecule has 0 bridgehead atoms. The topological polar surface area (TPSA) is 69.7 Å². The zero-order valence-electron chi connectivity index (χ0n) is 20.8. The van der Waals surface area contributed by atoms with Gasteiger partial charge in [-0.1, -0.05) is 18.2 Å². The highest BCUT2D eigenvalue weighted by Crippen LogP contribution is 2.40. The number of carbonyl (C=O) groups is 3. The molecule has 0 aliphatic carbocycles. The molecule has 6 heteroatoms. The third-order valence-corrected chi connectivity index (χ3v) is 6.57. The van der Waals surface area contributed by atoms with E-state index in [9.17, 15) is 14.4 Å². The molecule has 176 valence electrons. The summed E-state index contributed by atoms with van der Waals surface area (Å²) in [5.74, 6) is -1.32. The van der Waals surface area contributed by atoms with Gasteiger partial charge in [0.25, 0.3) is 11.8 Å². The Morgan fingerprint density at radius 1 is 0.941 bits per heavy atom. The average molecular weight is 458 g/mol. The number of nitrogens with zero attached hydrogens (tertiary/aromatic N) is 2. The maximum absolute atomic E-state index is 13.3. The molecule has 4 rings (SSSR count). The summed E-state index contributed by atoms with van der Waals surface area (Å²) in [6, 6.07) is 10.8. The van der Waals surface area contributed by atoms with Gasteiger partial charge in [-0.05, 0) is 101 Å². The first-order chi connectivity index (χ1) is 15.9. The monoisotopic (exact) mass is 457 g/mol. The van der Waals surface area contributed by atoms with Gasteiger partial charge in [0.15, 0.2) is 0 Å². The van der Waals surface area contributed by atoms with E-state index in [4.69, 9.17) is 0 Å². The lowest BCUT2D eigenvalue weighted by atomic mass is 9.86. The normalized spacial score (nSPS) is 18.9. The number of barbiturate groups is 1. The number of benzene rings is 2. The number of anilines is 2. The first kappa shape index (κ1) is 23.5. The van der Waals surface area contributed by atoms with Gasteiger partial charge in [0.1, 0.15) is 5.57 Å². The van der Waals surface area contributed by atoms with Crippen LogP contribution in [0.3, 0.4) is 0 Å². The average Bonchev–Trinajstić information content (AvgIpc) is 2.73. The van der Waals surface area contributed by atoms with Crippen molar-refractivity contribution >= 4 is 40.9 Å². The summed E-state index contributed by atoms with van der Waals surface area (Å²) in [7, 11) is 0. The second kappa shape index (κ2) is 8.28. The summed E-state index contributed by atoms with van der Waals surface area (Å²) < 4.78 is 0. The van der Waals surface area contributed by atoms with Gasteiger partial charge in [-0.3, -0.25) is 14.9 Å². The van der Waals surface area contributed by atoms with Crippen LogP contribution in [0.15, 0.2) is 48.0 Å². The lowest BCUT2D eigenvalue weighted by molar-refractivity contribution is -0.122. The molecule has 1 saturated heterocycles. The molecule has 6 nitrogen and oxygen atoms in total. The number of nitrogens with one attached hydrogen (secondary N) is 1. The molecule has 0 spiro atoms. The standard InChI is InChI=1S/C28H31N3O3/c1-16(2)31-24-11-9-20(13-22(24)19(5)15-28(31,6)7)14-23-25(32)29-27(34)30(26(23)33)21-10-8-17(3)18(4)12-21/h8-16H,1-7H3,(H,29,32,34)/b23-14+. The smallest absolute Gasteiger partial charge is 0.335 e. The fraction of sp³-hybridized carbons (Fsp3) is 0.321. The van der Waals surface area contributed by atoms with Crippen molar-refractivity contribution in [1.82, 2.24) is 5.32 Å². The summed E-state index contributed by atoms with van der Waals surface area (Å²) in [6.07, 6.45) is 3.80. The SMILES string of the molecule is CC1=CC(C)(C)N(C(C)C)c2ccc(/C=C3\C(=O)NC(=O)N(c4ccc(C)c(C)c4)C3=O)cc21. The van der Waals surface area contributed by atoms with Gasteiger partial charge in [-0.25, -0.2) is 9.69 Å². The van der Waals surface area contributed by atoms with Crippen molar-refractivity contribution in [2.24, 2.45) is 0 Å². The highest BCUT2D eigenvalue weighted by atomic mass is 16.2. The van der Waals surface area contributed by atoms with E-state index < -0.39 is 17.8 Å². The number of carbonyl (C=O) groups excluding carboxylic acids is 3. The molecule has 2 aromatic carbocycles. The summed E-state index contributed by atoms with van der Waals surface area (Å²) in [4.78, 5) is 41.8. The van der Waals surface area contributed by atoms with Gasteiger partial charge in [-0.15, -0.1) is 0 Å². The Bertz CT molecular complexity index is 1280. The minimum absolute atomic E-state index is 0.0729. The predicted molar refractivity (Wildman–Crippen MR) is 137 cm³/mol. The number of aryl methyl sites for hydroxylation is 2. The third kappa shape index (κ3) is 3.94. The van der Waals surface area contributed by atoms with E-state index in [1.807, 2.05) is 38.1 Å². The number of hydrogen-bond acceptors (Lipinski definition) is 4. The van der Waals surface area contributed by atoms with E-state index in [0.29, 0.717) is 11.7 Å². The molecule has 0 aromatic heterocycles. The molecule has 0 unspecified atom stereocenters. The molecule has 2 heterocycles. The van der Waals surface area contributed by atoms with Gasteiger partial charge in [0.05, 0.1) is 11.2 Å². The summed E-state index contributed by atoms with van der Waals surface area (Å²) >= 11 is 0. The molecule has 1 fully saturated rings. The minimum atomic E-state index is -0.741. The first-order valence-electron chi connectivity index (χ1n) is 11.5. The van der Waals surface area contributed by atoms with Gasteiger partial charge < -0.3 is 4.90 Å².